The van der Waals surface area contributed by atoms with Gasteiger partial charge in [-0.15, -0.1) is 0 Å². The van der Waals surface area contributed by atoms with Crippen LogP contribution in [0, 0.1) is 13.8 Å². The van der Waals surface area contributed by atoms with Crippen LogP contribution in [0.5, 0.6) is 5.75 Å². The largest absolute Gasteiger partial charge is 0.482 e. The Morgan fingerprint density at radius 1 is 1.15 bits per heavy atom. The second kappa shape index (κ2) is 10.6. The Labute approximate surface area is 212 Å². The average Bonchev–Trinajstić information content (AvgIpc) is 3.11. The van der Waals surface area contributed by atoms with E-state index in [2.05, 4.69) is 52.4 Å². The number of carbonyl (C=O) groups excluding carboxylic acids is 1. The number of halogens is 2. The van der Waals surface area contributed by atoms with Gasteiger partial charge in [0.1, 0.15) is 11.5 Å². The monoisotopic (exact) mass is 616 g/mol. The molecule has 0 fully saturated rings. The summed E-state index contributed by atoms with van der Waals surface area (Å²) in [6.07, 6.45) is 0. The van der Waals surface area contributed by atoms with Crippen molar-refractivity contribution < 1.29 is 22.5 Å². The van der Waals surface area contributed by atoms with E-state index < -0.39 is 15.9 Å². The van der Waals surface area contributed by atoms with E-state index in [4.69, 9.17) is 21.5 Å². The number of hydrogen-bond donors (Lipinski definition) is 3. The maximum Gasteiger partial charge on any atom is 0.264 e. The lowest BCUT2D eigenvalue weighted by Crippen LogP contribution is -2.37. The molecule has 3 aromatic rings. The Balaban J connectivity index is 1.53. The zero-order valence-corrected chi connectivity index (χ0v) is 22.1. The normalized spacial score (nSPS) is 11.0. The summed E-state index contributed by atoms with van der Waals surface area (Å²) in [5, 5.41) is 8.98. The minimum Gasteiger partial charge on any atom is -0.482 e. The molecule has 0 bridgehead atoms. The minimum absolute atomic E-state index is 0.0208. The van der Waals surface area contributed by atoms with E-state index in [0.29, 0.717) is 21.7 Å². The maximum atomic E-state index is 12.4. The third-order valence-electron chi connectivity index (χ3n) is 4.08. The summed E-state index contributed by atoms with van der Waals surface area (Å²) in [5.74, 6) is 0.672. The molecule has 2 aromatic carbocycles. The van der Waals surface area contributed by atoms with Crippen molar-refractivity contribution in [3.8, 4) is 5.75 Å². The Morgan fingerprint density at radius 2 is 1.85 bits per heavy atom. The van der Waals surface area contributed by atoms with Crippen molar-refractivity contribution in [3.63, 3.8) is 0 Å². The fraction of sp³-hybridized carbons (Fsp3) is 0.150. The van der Waals surface area contributed by atoms with Crippen LogP contribution in [-0.2, 0) is 14.8 Å². The lowest BCUT2D eigenvalue weighted by molar-refractivity contribution is -0.121. The molecule has 0 aliphatic carbocycles. The lowest BCUT2D eigenvalue weighted by Gasteiger charge is -2.13. The first-order valence-corrected chi connectivity index (χ1v) is 12.8. The van der Waals surface area contributed by atoms with Crippen molar-refractivity contribution in [1.29, 1.82) is 0 Å². The van der Waals surface area contributed by atoms with E-state index >= 15 is 0 Å². The first-order valence-electron chi connectivity index (χ1n) is 9.29. The van der Waals surface area contributed by atoms with Crippen LogP contribution in [-0.4, -0.2) is 31.2 Å². The summed E-state index contributed by atoms with van der Waals surface area (Å²) in [7, 11) is -3.83. The highest BCUT2D eigenvalue weighted by Gasteiger charge is 2.16. The molecular weight excluding hydrogens is 600 g/mol. The number of aryl methyl sites for hydroxylation is 2. The number of nitrogens with zero attached hydrogens (tertiary/aromatic N) is 1. The smallest absolute Gasteiger partial charge is 0.264 e. The summed E-state index contributed by atoms with van der Waals surface area (Å²) in [4.78, 5) is 12.2. The molecule has 1 amide bonds. The average molecular weight is 618 g/mol. The molecule has 3 N–H and O–H groups in total. The van der Waals surface area contributed by atoms with Gasteiger partial charge in [-0.2, -0.15) is 0 Å². The molecule has 13 heteroatoms. The van der Waals surface area contributed by atoms with Gasteiger partial charge >= 0.3 is 0 Å². The molecule has 0 aliphatic rings. The standard InChI is InChI=1S/C20H18Br2N4O5S2/c1-11-7-13(21)9-16(22)19(11)30-10-18(27)24-20(32)23-14-3-5-15(6-4-14)33(28,29)26-17-8-12(2)31-25-17/h3-9H,10H2,1-2H3,(H,25,26)(H2,23,24,27,32). The van der Waals surface area contributed by atoms with Crippen LogP contribution in [0.15, 0.2) is 60.8 Å². The lowest BCUT2D eigenvalue weighted by atomic mass is 10.2. The Hall–Kier alpha value is -2.48. The minimum atomic E-state index is -3.83. The van der Waals surface area contributed by atoms with Crippen molar-refractivity contribution in [2.24, 2.45) is 0 Å². The van der Waals surface area contributed by atoms with E-state index in [0.717, 1.165) is 10.0 Å². The molecule has 0 atom stereocenters. The van der Waals surface area contributed by atoms with Crippen molar-refractivity contribution >= 4 is 76.6 Å². The number of carbonyl (C=O) groups is 1. The second-order valence-corrected chi connectivity index (χ2v) is 10.6. The number of aromatic nitrogens is 1. The fourth-order valence-corrected chi connectivity index (χ4v) is 5.43. The summed E-state index contributed by atoms with van der Waals surface area (Å²) in [6, 6.07) is 11.0. The molecule has 0 aliphatic heterocycles. The number of hydrogen-bond acceptors (Lipinski definition) is 7. The van der Waals surface area contributed by atoms with E-state index in [-0.39, 0.29) is 22.4 Å². The number of nitrogens with one attached hydrogen (secondary N) is 3. The van der Waals surface area contributed by atoms with Gasteiger partial charge in [-0.1, -0.05) is 21.1 Å². The zero-order chi connectivity index (χ0) is 24.2. The van der Waals surface area contributed by atoms with E-state index in [9.17, 15) is 13.2 Å². The number of rotatable bonds is 7. The molecule has 0 saturated heterocycles. The van der Waals surface area contributed by atoms with E-state index in [1.807, 2.05) is 19.1 Å². The van der Waals surface area contributed by atoms with Gasteiger partial charge in [-0.3, -0.25) is 14.8 Å². The molecule has 0 radical (unpaired) electrons. The zero-order valence-electron chi connectivity index (χ0n) is 17.3. The van der Waals surface area contributed by atoms with Gasteiger partial charge in [0.15, 0.2) is 17.5 Å². The van der Waals surface area contributed by atoms with Crippen LogP contribution in [0.4, 0.5) is 11.5 Å². The van der Waals surface area contributed by atoms with Crippen LogP contribution in [0.1, 0.15) is 11.3 Å². The number of ether oxygens (including phenoxy) is 1. The number of thiocarbonyl (C=S) groups is 1. The van der Waals surface area contributed by atoms with Crippen molar-refractivity contribution in [2.75, 3.05) is 16.6 Å². The third kappa shape index (κ3) is 7.00. The molecule has 0 saturated carbocycles. The predicted octanol–water partition coefficient (Wildman–Crippen LogP) is 4.51. The summed E-state index contributed by atoms with van der Waals surface area (Å²) in [6.45, 7) is 3.27. The second-order valence-electron chi connectivity index (χ2n) is 6.78. The van der Waals surface area contributed by atoms with Crippen molar-refractivity contribution in [1.82, 2.24) is 10.5 Å². The third-order valence-corrected chi connectivity index (χ3v) is 6.71. The number of benzene rings is 2. The molecule has 3 rings (SSSR count). The highest BCUT2D eigenvalue weighted by Crippen LogP contribution is 2.32. The number of sulfonamides is 1. The fourth-order valence-electron chi connectivity index (χ4n) is 2.66. The van der Waals surface area contributed by atoms with Gasteiger partial charge in [0.2, 0.25) is 0 Å². The maximum absolute atomic E-state index is 12.4. The molecule has 1 heterocycles. The molecular formula is C20H18Br2N4O5S2. The topological polar surface area (TPSA) is 123 Å². The van der Waals surface area contributed by atoms with Gasteiger partial charge in [-0.05, 0) is 84.0 Å². The van der Waals surface area contributed by atoms with Crippen LogP contribution in [0.2, 0.25) is 0 Å². The van der Waals surface area contributed by atoms with Crippen molar-refractivity contribution in [3.05, 3.63) is 62.7 Å². The van der Waals surface area contributed by atoms with E-state index in [1.165, 1.54) is 30.3 Å². The SMILES string of the molecule is Cc1cc(NS(=O)(=O)c2ccc(NC(=S)NC(=O)COc3c(C)cc(Br)cc3Br)cc2)no1. The van der Waals surface area contributed by atoms with Crippen LogP contribution in [0.3, 0.4) is 0 Å². The molecule has 174 valence electrons. The van der Waals surface area contributed by atoms with Gasteiger partial charge < -0.3 is 14.6 Å². The Bertz CT molecular complexity index is 1270. The molecule has 9 nitrogen and oxygen atoms in total. The highest BCUT2D eigenvalue weighted by molar-refractivity contribution is 9.11. The summed E-state index contributed by atoms with van der Waals surface area (Å²) < 4.78 is 39.2. The first-order chi connectivity index (χ1) is 15.5. The molecule has 0 spiro atoms. The van der Waals surface area contributed by atoms with Crippen LogP contribution >= 0.6 is 44.1 Å². The van der Waals surface area contributed by atoms with Crippen LogP contribution in [0.25, 0.3) is 0 Å². The highest BCUT2D eigenvalue weighted by atomic mass is 79.9. The van der Waals surface area contributed by atoms with Crippen LogP contribution < -0.4 is 20.1 Å². The number of amides is 1. The molecule has 33 heavy (non-hydrogen) atoms. The summed E-state index contributed by atoms with van der Waals surface area (Å²) >= 11 is 11.9. The number of anilines is 2. The quantitative estimate of drug-likeness (QED) is 0.331. The first kappa shape index (κ1) is 25.1. The van der Waals surface area contributed by atoms with Gasteiger partial charge in [0.25, 0.3) is 15.9 Å². The van der Waals surface area contributed by atoms with Gasteiger partial charge in [0.05, 0.1) is 9.37 Å². The van der Waals surface area contributed by atoms with Gasteiger partial charge in [0, 0.05) is 16.2 Å². The predicted molar refractivity (Wildman–Crippen MR) is 135 cm³/mol. The Morgan fingerprint density at radius 3 is 2.45 bits per heavy atom. The van der Waals surface area contributed by atoms with Gasteiger partial charge in [-0.25, -0.2) is 8.42 Å². The van der Waals surface area contributed by atoms with E-state index in [1.54, 1.807) is 6.92 Å². The van der Waals surface area contributed by atoms with Crippen molar-refractivity contribution in [2.45, 2.75) is 18.7 Å². The Kier molecular flexibility index (Phi) is 8.10. The molecule has 1 aromatic heterocycles. The summed E-state index contributed by atoms with van der Waals surface area (Å²) in [5.41, 5.74) is 1.34. The molecule has 0 unspecified atom stereocenters.